The van der Waals surface area contributed by atoms with Crippen molar-refractivity contribution in [1.29, 1.82) is 0 Å². The second-order valence-corrected chi connectivity index (χ2v) is 8.54. The molecule has 0 atom stereocenters. The third-order valence-electron chi connectivity index (χ3n) is 5.62. The molecule has 0 aromatic heterocycles. The molecular weight excluding hydrogens is 366 g/mol. The van der Waals surface area contributed by atoms with E-state index < -0.39 is 11.1 Å². The number of nitrogens with zero attached hydrogens (tertiary/aromatic N) is 2. The van der Waals surface area contributed by atoms with E-state index in [1.165, 1.54) is 4.90 Å². The van der Waals surface area contributed by atoms with E-state index in [4.69, 9.17) is 11.6 Å². The van der Waals surface area contributed by atoms with E-state index in [0.717, 1.165) is 38.0 Å². The van der Waals surface area contributed by atoms with Gasteiger partial charge in [-0.25, -0.2) is 4.79 Å². The van der Waals surface area contributed by atoms with Crippen LogP contribution in [0, 0.1) is 0 Å². The number of carbonyl (C=O) groups is 2. The molecule has 2 N–H and O–H groups in total. The van der Waals surface area contributed by atoms with Gasteiger partial charge in [0.1, 0.15) is 5.54 Å². The number of nitrogens with one attached hydrogen (secondary N) is 1. The lowest BCUT2D eigenvalue weighted by atomic mass is 9.84. The van der Waals surface area contributed by atoms with Crippen molar-refractivity contribution in [3.8, 4) is 0 Å². The maximum atomic E-state index is 12.2. The van der Waals surface area contributed by atoms with Gasteiger partial charge in [-0.05, 0) is 63.8 Å². The molecular formula is C20H28ClN3O3. The lowest BCUT2D eigenvalue weighted by Crippen LogP contribution is -2.43. The van der Waals surface area contributed by atoms with Crippen molar-refractivity contribution in [2.75, 3.05) is 26.2 Å². The smallest absolute Gasteiger partial charge is 0.325 e. The zero-order chi connectivity index (χ0) is 19.7. The standard InChI is InChI=1S/C20H28ClN3O3/c1-19(2)17(25)24(18(26)22-19)12-4-3-11-23-13-9-20(27,10-14-23)15-5-7-16(21)8-6-15/h5-8,27H,3-4,9-14H2,1-2H3,(H,22,26). The molecule has 6 nitrogen and oxygen atoms in total. The summed E-state index contributed by atoms with van der Waals surface area (Å²) in [5.41, 5.74) is -0.657. The number of piperidine rings is 1. The molecule has 2 saturated heterocycles. The third-order valence-corrected chi connectivity index (χ3v) is 5.87. The molecule has 2 aliphatic rings. The molecule has 0 saturated carbocycles. The minimum Gasteiger partial charge on any atom is -0.385 e. The number of hydrogen-bond donors (Lipinski definition) is 2. The number of carbonyl (C=O) groups excluding carboxylic acids is 2. The second-order valence-electron chi connectivity index (χ2n) is 8.10. The number of amides is 3. The summed E-state index contributed by atoms with van der Waals surface area (Å²) in [5, 5.41) is 14.3. The number of urea groups is 1. The molecule has 2 aliphatic heterocycles. The summed E-state index contributed by atoms with van der Waals surface area (Å²) in [5.74, 6) is -0.154. The summed E-state index contributed by atoms with van der Waals surface area (Å²) >= 11 is 5.93. The first-order valence-electron chi connectivity index (χ1n) is 9.56. The monoisotopic (exact) mass is 393 g/mol. The predicted molar refractivity (Wildman–Crippen MR) is 105 cm³/mol. The molecule has 7 heteroatoms. The molecule has 0 spiro atoms. The Morgan fingerprint density at radius 1 is 1.07 bits per heavy atom. The van der Waals surface area contributed by atoms with Crippen LogP contribution in [0.3, 0.4) is 0 Å². The van der Waals surface area contributed by atoms with Crippen LogP contribution in [0.2, 0.25) is 5.02 Å². The van der Waals surface area contributed by atoms with Gasteiger partial charge in [-0.3, -0.25) is 9.69 Å². The van der Waals surface area contributed by atoms with E-state index in [9.17, 15) is 14.7 Å². The van der Waals surface area contributed by atoms with Gasteiger partial charge in [0.05, 0.1) is 5.60 Å². The molecule has 3 amide bonds. The number of likely N-dealkylation sites (tertiary alicyclic amines) is 1. The highest BCUT2D eigenvalue weighted by molar-refractivity contribution is 6.30. The van der Waals surface area contributed by atoms with Crippen molar-refractivity contribution < 1.29 is 14.7 Å². The fourth-order valence-electron chi connectivity index (χ4n) is 3.82. The minimum atomic E-state index is -0.796. The van der Waals surface area contributed by atoms with Crippen LogP contribution in [-0.4, -0.2) is 58.6 Å². The van der Waals surface area contributed by atoms with Crippen LogP contribution in [0.1, 0.15) is 45.1 Å². The number of hydrogen-bond acceptors (Lipinski definition) is 4. The average Bonchev–Trinajstić information content (AvgIpc) is 2.82. The van der Waals surface area contributed by atoms with Gasteiger partial charge < -0.3 is 15.3 Å². The Morgan fingerprint density at radius 3 is 2.22 bits per heavy atom. The van der Waals surface area contributed by atoms with Crippen molar-refractivity contribution in [2.45, 2.75) is 50.7 Å². The Labute approximate surface area is 165 Å². The summed E-state index contributed by atoms with van der Waals surface area (Å²) in [6.07, 6.45) is 3.08. The summed E-state index contributed by atoms with van der Waals surface area (Å²) in [4.78, 5) is 27.7. The van der Waals surface area contributed by atoms with E-state index in [-0.39, 0.29) is 11.9 Å². The lowest BCUT2D eigenvalue weighted by Gasteiger charge is -2.38. The predicted octanol–water partition coefficient (Wildman–Crippen LogP) is 2.73. The zero-order valence-corrected chi connectivity index (χ0v) is 16.8. The van der Waals surface area contributed by atoms with Gasteiger partial charge in [-0.15, -0.1) is 0 Å². The van der Waals surface area contributed by atoms with Crippen molar-refractivity contribution in [3.63, 3.8) is 0 Å². The number of benzene rings is 1. The molecule has 0 aliphatic carbocycles. The Morgan fingerprint density at radius 2 is 1.67 bits per heavy atom. The van der Waals surface area contributed by atoms with Crippen LogP contribution in [0.5, 0.6) is 0 Å². The second kappa shape index (κ2) is 7.78. The summed E-state index contributed by atoms with van der Waals surface area (Å²) in [6.45, 7) is 6.47. The number of halogens is 1. The number of imide groups is 1. The molecule has 1 aromatic carbocycles. The number of unbranched alkanes of at least 4 members (excludes halogenated alkanes) is 1. The van der Waals surface area contributed by atoms with Gasteiger partial charge in [0.15, 0.2) is 0 Å². The van der Waals surface area contributed by atoms with E-state index in [0.29, 0.717) is 24.4 Å². The van der Waals surface area contributed by atoms with Crippen molar-refractivity contribution in [1.82, 2.24) is 15.1 Å². The first-order valence-corrected chi connectivity index (χ1v) is 9.94. The van der Waals surface area contributed by atoms with E-state index in [1.54, 1.807) is 13.8 Å². The molecule has 0 radical (unpaired) electrons. The van der Waals surface area contributed by atoms with Crippen LogP contribution in [0.25, 0.3) is 0 Å². The van der Waals surface area contributed by atoms with Crippen molar-refractivity contribution in [3.05, 3.63) is 34.9 Å². The first kappa shape index (κ1) is 20.1. The van der Waals surface area contributed by atoms with Crippen molar-refractivity contribution in [2.24, 2.45) is 0 Å². The van der Waals surface area contributed by atoms with Gasteiger partial charge in [-0.1, -0.05) is 23.7 Å². The molecule has 2 heterocycles. The van der Waals surface area contributed by atoms with Gasteiger partial charge in [0.25, 0.3) is 5.91 Å². The van der Waals surface area contributed by atoms with Crippen LogP contribution in [0.15, 0.2) is 24.3 Å². The summed E-state index contributed by atoms with van der Waals surface area (Å²) < 4.78 is 0. The molecule has 3 rings (SSSR count). The highest BCUT2D eigenvalue weighted by Gasteiger charge is 2.43. The van der Waals surface area contributed by atoms with Gasteiger partial charge in [-0.2, -0.15) is 0 Å². The highest BCUT2D eigenvalue weighted by atomic mass is 35.5. The Balaban J connectivity index is 1.41. The molecule has 148 valence electrons. The maximum absolute atomic E-state index is 12.2. The quantitative estimate of drug-likeness (QED) is 0.575. The van der Waals surface area contributed by atoms with Crippen LogP contribution in [-0.2, 0) is 10.4 Å². The fraction of sp³-hybridized carbons (Fsp3) is 0.600. The van der Waals surface area contributed by atoms with Gasteiger partial charge >= 0.3 is 6.03 Å². The third kappa shape index (κ3) is 4.45. The SMILES string of the molecule is CC1(C)NC(=O)N(CCCCN2CCC(O)(c3ccc(Cl)cc3)CC2)C1=O. The van der Waals surface area contributed by atoms with E-state index >= 15 is 0 Å². The largest absolute Gasteiger partial charge is 0.385 e. The number of rotatable bonds is 6. The summed E-state index contributed by atoms with van der Waals surface area (Å²) in [7, 11) is 0. The van der Waals surface area contributed by atoms with Crippen LogP contribution in [0.4, 0.5) is 4.79 Å². The zero-order valence-electron chi connectivity index (χ0n) is 16.0. The van der Waals surface area contributed by atoms with Crippen LogP contribution >= 0.6 is 11.6 Å². The normalized spacial score (nSPS) is 22.1. The highest BCUT2D eigenvalue weighted by Crippen LogP contribution is 2.33. The van der Waals surface area contributed by atoms with Gasteiger partial charge in [0, 0.05) is 24.7 Å². The molecule has 1 aromatic rings. The fourth-order valence-corrected chi connectivity index (χ4v) is 3.95. The molecule has 27 heavy (non-hydrogen) atoms. The first-order chi connectivity index (χ1) is 12.7. The maximum Gasteiger partial charge on any atom is 0.325 e. The van der Waals surface area contributed by atoms with Gasteiger partial charge in [0.2, 0.25) is 0 Å². The van der Waals surface area contributed by atoms with E-state index in [2.05, 4.69) is 10.2 Å². The van der Waals surface area contributed by atoms with Crippen molar-refractivity contribution >= 4 is 23.5 Å². The Hall–Kier alpha value is -1.63. The Kier molecular flexibility index (Phi) is 5.79. The minimum absolute atomic E-state index is 0.154. The number of aliphatic hydroxyl groups is 1. The molecule has 2 fully saturated rings. The molecule has 0 bridgehead atoms. The lowest BCUT2D eigenvalue weighted by molar-refractivity contribution is -0.130. The molecule has 0 unspecified atom stereocenters. The summed E-state index contributed by atoms with van der Waals surface area (Å²) in [6, 6.07) is 7.14. The topological polar surface area (TPSA) is 72.9 Å². The van der Waals surface area contributed by atoms with E-state index in [1.807, 2.05) is 24.3 Å². The van der Waals surface area contributed by atoms with Crippen LogP contribution < -0.4 is 5.32 Å². The average molecular weight is 394 g/mol. The Bertz CT molecular complexity index is 697.